The van der Waals surface area contributed by atoms with Gasteiger partial charge in [-0.05, 0) is 19.1 Å². The first-order valence-electron chi connectivity index (χ1n) is 4.82. The zero-order valence-corrected chi connectivity index (χ0v) is 8.49. The fourth-order valence-electron chi connectivity index (χ4n) is 1.50. The Kier molecular flexibility index (Phi) is 2.51. The molecule has 2 rings (SSSR count). The number of benzene rings is 1. The molecule has 0 aliphatic rings. The van der Waals surface area contributed by atoms with E-state index in [1.54, 1.807) is 12.1 Å². The van der Waals surface area contributed by atoms with Crippen molar-refractivity contribution in [3.63, 3.8) is 0 Å². The maximum Gasteiger partial charge on any atom is 0.196 e. The van der Waals surface area contributed by atoms with E-state index < -0.39 is 0 Å². The van der Waals surface area contributed by atoms with Gasteiger partial charge in [0.25, 0.3) is 0 Å². The third-order valence-corrected chi connectivity index (χ3v) is 2.20. The molecule has 0 bridgehead atoms. The van der Waals surface area contributed by atoms with E-state index in [2.05, 4.69) is 4.98 Å². The molecule has 2 aromatic rings. The second kappa shape index (κ2) is 3.82. The number of ketones is 1. The summed E-state index contributed by atoms with van der Waals surface area (Å²) in [5.41, 5.74) is 7.26. The molecule has 1 heterocycles. The van der Waals surface area contributed by atoms with Crippen LogP contribution in [0, 0.1) is 0 Å². The van der Waals surface area contributed by atoms with E-state index >= 15 is 0 Å². The minimum absolute atomic E-state index is 0.0175. The lowest BCUT2D eigenvalue weighted by molar-refractivity contribution is 0.101. The lowest BCUT2D eigenvalue weighted by Crippen LogP contribution is -2.02. The zero-order chi connectivity index (χ0) is 10.8. The van der Waals surface area contributed by atoms with Gasteiger partial charge in [0.05, 0.1) is 5.56 Å². The van der Waals surface area contributed by atoms with Gasteiger partial charge in [0.2, 0.25) is 0 Å². The predicted molar refractivity (Wildman–Crippen MR) is 56.8 cm³/mol. The monoisotopic (exact) mass is 204 g/mol. The molecule has 0 aliphatic heterocycles. The smallest absolute Gasteiger partial charge is 0.196 e. The van der Waals surface area contributed by atoms with Gasteiger partial charge in [-0.2, -0.15) is 0 Å². The molecular weight excluding hydrogens is 192 g/mol. The van der Waals surface area contributed by atoms with Crippen molar-refractivity contribution in [1.82, 2.24) is 4.98 Å². The Morgan fingerprint density at radius 2 is 2.33 bits per heavy atom. The molecule has 4 heteroatoms. The van der Waals surface area contributed by atoms with Gasteiger partial charge in [-0.25, -0.2) is 4.98 Å². The summed E-state index contributed by atoms with van der Waals surface area (Å²) in [6, 6.07) is 5.36. The van der Waals surface area contributed by atoms with Crippen molar-refractivity contribution in [3.05, 3.63) is 29.7 Å². The second-order valence-corrected chi connectivity index (χ2v) is 3.36. The Bertz CT molecular complexity index is 502. The van der Waals surface area contributed by atoms with E-state index in [-0.39, 0.29) is 5.78 Å². The normalized spacial score (nSPS) is 10.8. The van der Waals surface area contributed by atoms with E-state index in [1.807, 2.05) is 6.07 Å². The molecule has 0 radical (unpaired) electrons. The summed E-state index contributed by atoms with van der Waals surface area (Å²) in [5, 5.41) is 0. The van der Waals surface area contributed by atoms with Gasteiger partial charge >= 0.3 is 0 Å². The van der Waals surface area contributed by atoms with Crippen LogP contribution in [-0.2, 0) is 6.42 Å². The first-order valence-corrected chi connectivity index (χ1v) is 4.82. The van der Waals surface area contributed by atoms with Gasteiger partial charge in [0.1, 0.15) is 5.52 Å². The topological polar surface area (TPSA) is 69.1 Å². The van der Waals surface area contributed by atoms with E-state index in [1.165, 1.54) is 6.92 Å². The molecule has 2 N–H and O–H groups in total. The number of carbonyl (C=O) groups is 1. The van der Waals surface area contributed by atoms with Gasteiger partial charge in [0, 0.05) is 13.0 Å². The molecule has 1 aromatic carbocycles. The largest absolute Gasteiger partial charge is 0.440 e. The summed E-state index contributed by atoms with van der Waals surface area (Å²) in [5.74, 6) is 0.567. The number of fused-ring (bicyclic) bond motifs is 1. The van der Waals surface area contributed by atoms with Crippen LogP contribution in [0.4, 0.5) is 0 Å². The molecule has 0 amide bonds. The van der Waals surface area contributed by atoms with Gasteiger partial charge in [-0.1, -0.05) is 6.07 Å². The number of carbonyl (C=O) groups excluding carboxylic acids is 1. The van der Waals surface area contributed by atoms with Crippen molar-refractivity contribution in [2.45, 2.75) is 13.3 Å². The third kappa shape index (κ3) is 1.76. The summed E-state index contributed by atoms with van der Waals surface area (Å²) < 4.78 is 5.49. The summed E-state index contributed by atoms with van der Waals surface area (Å²) in [4.78, 5) is 15.6. The molecule has 78 valence electrons. The average molecular weight is 204 g/mol. The number of nitrogens with zero attached hydrogens (tertiary/aromatic N) is 1. The number of aromatic nitrogens is 1. The zero-order valence-electron chi connectivity index (χ0n) is 8.49. The van der Waals surface area contributed by atoms with Crippen LogP contribution in [-0.4, -0.2) is 17.3 Å². The number of nitrogens with two attached hydrogens (primary N) is 1. The maximum absolute atomic E-state index is 11.3. The number of para-hydroxylation sites is 1. The number of hydrogen-bond donors (Lipinski definition) is 1. The highest BCUT2D eigenvalue weighted by Gasteiger charge is 2.11. The molecule has 0 aliphatic carbocycles. The van der Waals surface area contributed by atoms with Crippen molar-refractivity contribution < 1.29 is 9.21 Å². The van der Waals surface area contributed by atoms with Crippen molar-refractivity contribution in [2.75, 3.05) is 6.54 Å². The Balaban J connectivity index is 2.59. The van der Waals surface area contributed by atoms with Gasteiger partial charge < -0.3 is 10.2 Å². The molecule has 0 saturated heterocycles. The summed E-state index contributed by atoms with van der Waals surface area (Å²) >= 11 is 0. The van der Waals surface area contributed by atoms with Crippen LogP contribution < -0.4 is 5.73 Å². The Morgan fingerprint density at radius 3 is 3.00 bits per heavy atom. The molecule has 4 nitrogen and oxygen atoms in total. The SMILES string of the molecule is CC(=O)c1cccc2nc(CCN)oc12. The summed E-state index contributed by atoms with van der Waals surface area (Å²) in [7, 11) is 0. The Hall–Kier alpha value is -1.68. The fourth-order valence-corrected chi connectivity index (χ4v) is 1.50. The van der Waals surface area contributed by atoms with Crippen molar-refractivity contribution in [2.24, 2.45) is 5.73 Å². The molecule has 15 heavy (non-hydrogen) atoms. The molecule has 0 fully saturated rings. The highest BCUT2D eigenvalue weighted by molar-refractivity contribution is 6.03. The van der Waals surface area contributed by atoms with Crippen LogP contribution in [0.5, 0.6) is 0 Å². The minimum atomic E-state index is -0.0175. The summed E-state index contributed by atoms with van der Waals surface area (Å²) in [6.07, 6.45) is 0.589. The minimum Gasteiger partial charge on any atom is -0.440 e. The van der Waals surface area contributed by atoms with Crippen LogP contribution in [0.25, 0.3) is 11.1 Å². The standard InChI is InChI=1S/C11H12N2O2/c1-7(14)8-3-2-4-9-11(8)15-10(13-9)5-6-12/h2-4H,5-6,12H2,1H3. The van der Waals surface area contributed by atoms with E-state index in [0.29, 0.717) is 35.5 Å². The number of hydrogen-bond acceptors (Lipinski definition) is 4. The lowest BCUT2D eigenvalue weighted by atomic mass is 10.1. The van der Waals surface area contributed by atoms with Crippen LogP contribution in [0.15, 0.2) is 22.6 Å². The fraction of sp³-hybridized carbons (Fsp3) is 0.273. The first-order chi connectivity index (χ1) is 7.22. The van der Waals surface area contributed by atoms with Crippen LogP contribution in [0.2, 0.25) is 0 Å². The average Bonchev–Trinajstić information content (AvgIpc) is 2.59. The predicted octanol–water partition coefficient (Wildman–Crippen LogP) is 1.53. The van der Waals surface area contributed by atoms with Crippen molar-refractivity contribution in [1.29, 1.82) is 0 Å². The van der Waals surface area contributed by atoms with Gasteiger partial charge in [-0.15, -0.1) is 0 Å². The number of rotatable bonds is 3. The van der Waals surface area contributed by atoms with E-state index in [0.717, 1.165) is 0 Å². The van der Waals surface area contributed by atoms with Crippen molar-refractivity contribution in [3.8, 4) is 0 Å². The Labute approximate surface area is 87.1 Å². The van der Waals surface area contributed by atoms with Gasteiger partial charge in [-0.3, -0.25) is 4.79 Å². The molecular formula is C11H12N2O2. The highest BCUT2D eigenvalue weighted by atomic mass is 16.3. The highest BCUT2D eigenvalue weighted by Crippen LogP contribution is 2.20. The van der Waals surface area contributed by atoms with Crippen LogP contribution in [0.1, 0.15) is 23.2 Å². The lowest BCUT2D eigenvalue weighted by Gasteiger charge is -1.94. The number of Topliss-reactive ketones (excluding diaryl/α,β-unsaturated/α-hetero) is 1. The molecule has 0 saturated carbocycles. The van der Waals surface area contributed by atoms with Gasteiger partial charge in [0.15, 0.2) is 17.3 Å². The van der Waals surface area contributed by atoms with Crippen molar-refractivity contribution >= 4 is 16.9 Å². The van der Waals surface area contributed by atoms with E-state index in [4.69, 9.17) is 10.2 Å². The van der Waals surface area contributed by atoms with E-state index in [9.17, 15) is 4.79 Å². The molecule has 0 spiro atoms. The second-order valence-electron chi connectivity index (χ2n) is 3.36. The van der Waals surface area contributed by atoms with Crippen LogP contribution in [0.3, 0.4) is 0 Å². The number of oxazole rings is 1. The first kappa shape index (κ1) is 9.86. The van der Waals surface area contributed by atoms with Crippen LogP contribution >= 0.6 is 0 Å². The molecule has 0 unspecified atom stereocenters. The third-order valence-electron chi connectivity index (χ3n) is 2.20. The Morgan fingerprint density at radius 1 is 1.53 bits per heavy atom. The molecule has 0 atom stereocenters. The maximum atomic E-state index is 11.3. The summed E-state index contributed by atoms with van der Waals surface area (Å²) in [6.45, 7) is 2.00. The quantitative estimate of drug-likeness (QED) is 0.770. The molecule has 1 aromatic heterocycles.